The fourth-order valence-corrected chi connectivity index (χ4v) is 1.25. The summed E-state index contributed by atoms with van der Waals surface area (Å²) in [7, 11) is 1.23. The van der Waals surface area contributed by atoms with Gasteiger partial charge in [0, 0.05) is 0 Å². The third kappa shape index (κ3) is 2.87. The number of rotatable bonds is 3. The molecule has 0 radical (unpaired) electrons. The van der Waals surface area contributed by atoms with Crippen molar-refractivity contribution in [1.29, 1.82) is 0 Å². The summed E-state index contributed by atoms with van der Waals surface area (Å²) < 4.78 is 4.46. The van der Waals surface area contributed by atoms with Crippen LogP contribution in [0.15, 0.2) is 18.2 Å². The van der Waals surface area contributed by atoms with E-state index in [0.717, 1.165) is 0 Å². The number of anilines is 1. The van der Waals surface area contributed by atoms with Gasteiger partial charge in [-0.15, -0.1) is 0 Å². The van der Waals surface area contributed by atoms with Gasteiger partial charge in [-0.05, 0) is 19.1 Å². The lowest BCUT2D eigenvalue weighted by atomic mass is 10.1. The van der Waals surface area contributed by atoms with Gasteiger partial charge >= 0.3 is 5.97 Å². The summed E-state index contributed by atoms with van der Waals surface area (Å²) in [5.41, 5.74) is 5.57. The number of nitrogens with one attached hydrogen (secondary N) is 1. The van der Waals surface area contributed by atoms with Gasteiger partial charge in [-0.2, -0.15) is 0 Å². The first-order valence-electron chi connectivity index (χ1n) is 4.93. The van der Waals surface area contributed by atoms with E-state index in [1.54, 1.807) is 0 Å². The minimum absolute atomic E-state index is 0.0146. The number of benzene rings is 1. The quantitative estimate of drug-likeness (QED) is 0.398. The first kappa shape index (κ1) is 12.8. The SMILES string of the molecule is COC(=O)C(C)NC(=O)c1cccc(N)c1O. The van der Waals surface area contributed by atoms with Crippen LogP contribution in [-0.2, 0) is 9.53 Å². The molecule has 0 spiro atoms. The Bertz CT molecular complexity index is 445. The molecule has 17 heavy (non-hydrogen) atoms. The van der Waals surface area contributed by atoms with Gasteiger partial charge in [0.05, 0.1) is 18.4 Å². The Morgan fingerprint density at radius 2 is 2.12 bits per heavy atom. The monoisotopic (exact) mass is 238 g/mol. The fraction of sp³-hybridized carbons (Fsp3) is 0.273. The van der Waals surface area contributed by atoms with Gasteiger partial charge in [-0.1, -0.05) is 6.07 Å². The lowest BCUT2D eigenvalue weighted by Crippen LogP contribution is -2.39. The molecule has 1 aromatic carbocycles. The molecule has 0 aromatic heterocycles. The lowest BCUT2D eigenvalue weighted by molar-refractivity contribution is -0.142. The highest BCUT2D eigenvalue weighted by Gasteiger charge is 2.19. The number of amides is 1. The Kier molecular flexibility index (Phi) is 3.92. The molecule has 1 unspecified atom stereocenters. The molecule has 0 aliphatic heterocycles. The van der Waals surface area contributed by atoms with Gasteiger partial charge in [-0.25, -0.2) is 4.79 Å². The largest absolute Gasteiger partial charge is 0.505 e. The molecular weight excluding hydrogens is 224 g/mol. The Morgan fingerprint density at radius 3 is 2.71 bits per heavy atom. The zero-order chi connectivity index (χ0) is 13.0. The van der Waals surface area contributed by atoms with Gasteiger partial charge in [0.15, 0.2) is 5.75 Å². The number of hydrogen-bond acceptors (Lipinski definition) is 5. The summed E-state index contributed by atoms with van der Waals surface area (Å²) in [4.78, 5) is 22.8. The number of phenols is 1. The Balaban J connectivity index is 2.84. The number of ether oxygens (including phenoxy) is 1. The van der Waals surface area contributed by atoms with Gasteiger partial charge < -0.3 is 20.9 Å². The van der Waals surface area contributed by atoms with Crippen LogP contribution in [0.1, 0.15) is 17.3 Å². The van der Waals surface area contributed by atoms with E-state index in [9.17, 15) is 14.7 Å². The van der Waals surface area contributed by atoms with Crippen LogP contribution in [0.25, 0.3) is 0 Å². The summed E-state index contributed by atoms with van der Waals surface area (Å²) in [5.74, 6) is -1.46. The first-order chi connectivity index (χ1) is 7.97. The maximum absolute atomic E-state index is 11.7. The molecule has 6 nitrogen and oxygen atoms in total. The molecular formula is C11H14N2O4. The van der Waals surface area contributed by atoms with Crippen molar-refractivity contribution in [1.82, 2.24) is 5.32 Å². The molecule has 0 saturated heterocycles. The van der Waals surface area contributed by atoms with Crippen LogP contribution in [0.4, 0.5) is 5.69 Å². The fourth-order valence-electron chi connectivity index (χ4n) is 1.25. The molecule has 0 aliphatic carbocycles. The number of carbonyl (C=O) groups excluding carboxylic acids is 2. The van der Waals surface area contributed by atoms with Gasteiger partial charge in [0.25, 0.3) is 5.91 Å². The maximum atomic E-state index is 11.7. The van der Waals surface area contributed by atoms with Crippen LogP contribution in [0.5, 0.6) is 5.75 Å². The summed E-state index contributed by atoms with van der Waals surface area (Å²) in [6.45, 7) is 1.48. The number of esters is 1. The molecule has 6 heteroatoms. The number of hydrogen-bond donors (Lipinski definition) is 3. The van der Waals surface area contributed by atoms with E-state index in [0.29, 0.717) is 0 Å². The molecule has 92 valence electrons. The van der Waals surface area contributed by atoms with E-state index in [4.69, 9.17) is 5.73 Å². The van der Waals surface area contributed by atoms with E-state index in [1.165, 1.54) is 32.2 Å². The standard InChI is InChI=1S/C11H14N2O4/c1-6(11(16)17-2)13-10(15)7-4-3-5-8(12)9(7)14/h3-6,14H,12H2,1-2H3,(H,13,15). The summed E-state index contributed by atoms with van der Waals surface area (Å²) >= 11 is 0. The number of phenolic OH excluding ortho intramolecular Hbond substituents is 1. The van der Waals surface area contributed by atoms with Crippen LogP contribution < -0.4 is 11.1 Å². The topological polar surface area (TPSA) is 102 Å². The number of nitrogens with two attached hydrogens (primary N) is 1. The summed E-state index contributed by atoms with van der Waals surface area (Å²) in [6, 6.07) is 3.61. The second-order valence-electron chi connectivity index (χ2n) is 3.46. The molecule has 1 amide bonds. The van der Waals surface area contributed by atoms with Gasteiger partial charge in [-0.3, -0.25) is 4.79 Å². The highest BCUT2D eigenvalue weighted by Crippen LogP contribution is 2.24. The van der Waals surface area contributed by atoms with Crippen LogP contribution in [0, 0.1) is 0 Å². The van der Waals surface area contributed by atoms with Crippen molar-refractivity contribution >= 4 is 17.6 Å². The van der Waals surface area contributed by atoms with Crippen molar-refractivity contribution in [2.75, 3.05) is 12.8 Å². The van der Waals surface area contributed by atoms with Crippen LogP contribution >= 0.6 is 0 Å². The number of methoxy groups -OCH3 is 1. The Hall–Kier alpha value is -2.24. The number of nitrogen functional groups attached to an aromatic ring is 1. The predicted molar refractivity (Wildman–Crippen MR) is 61.5 cm³/mol. The first-order valence-corrected chi connectivity index (χ1v) is 4.93. The van der Waals surface area contributed by atoms with Gasteiger partial charge in [0.2, 0.25) is 0 Å². The highest BCUT2D eigenvalue weighted by molar-refractivity contribution is 6.00. The average Bonchev–Trinajstić information content (AvgIpc) is 2.31. The number of carbonyl (C=O) groups is 2. The number of aromatic hydroxyl groups is 1. The average molecular weight is 238 g/mol. The van der Waals surface area contributed by atoms with E-state index in [2.05, 4.69) is 10.1 Å². The molecule has 1 aromatic rings. The summed E-state index contributed by atoms with van der Waals surface area (Å²) in [5, 5.41) is 12.0. The maximum Gasteiger partial charge on any atom is 0.328 e. The second-order valence-corrected chi connectivity index (χ2v) is 3.46. The van der Waals surface area contributed by atoms with Crippen molar-refractivity contribution in [3.63, 3.8) is 0 Å². The van der Waals surface area contributed by atoms with Crippen LogP contribution in [0.3, 0.4) is 0 Å². The molecule has 0 heterocycles. The third-order valence-electron chi connectivity index (χ3n) is 2.21. The smallest absolute Gasteiger partial charge is 0.328 e. The van der Waals surface area contributed by atoms with Crippen molar-refractivity contribution in [3.8, 4) is 5.75 Å². The molecule has 0 aliphatic rings. The van der Waals surface area contributed by atoms with Crippen LogP contribution in [0.2, 0.25) is 0 Å². The van der Waals surface area contributed by atoms with E-state index in [1.807, 2.05) is 0 Å². The predicted octanol–water partition coefficient (Wildman–Crippen LogP) is 0.266. The second kappa shape index (κ2) is 5.20. The normalized spacial score (nSPS) is 11.6. The molecule has 0 saturated carbocycles. The summed E-state index contributed by atoms with van der Waals surface area (Å²) in [6.07, 6.45) is 0. The van der Waals surface area contributed by atoms with E-state index in [-0.39, 0.29) is 17.0 Å². The van der Waals surface area contributed by atoms with Crippen molar-refractivity contribution < 1.29 is 19.4 Å². The number of para-hydroxylation sites is 1. The van der Waals surface area contributed by atoms with Crippen molar-refractivity contribution in [3.05, 3.63) is 23.8 Å². The third-order valence-corrected chi connectivity index (χ3v) is 2.21. The minimum atomic E-state index is -0.798. The molecule has 0 bridgehead atoms. The van der Waals surface area contributed by atoms with Crippen molar-refractivity contribution in [2.24, 2.45) is 0 Å². The molecule has 4 N–H and O–H groups in total. The molecule has 1 rings (SSSR count). The highest BCUT2D eigenvalue weighted by atomic mass is 16.5. The van der Waals surface area contributed by atoms with Gasteiger partial charge in [0.1, 0.15) is 6.04 Å². The zero-order valence-corrected chi connectivity index (χ0v) is 9.56. The lowest BCUT2D eigenvalue weighted by Gasteiger charge is -2.12. The van der Waals surface area contributed by atoms with Crippen LogP contribution in [-0.4, -0.2) is 30.1 Å². The molecule has 1 atom stereocenters. The van der Waals surface area contributed by atoms with E-state index < -0.39 is 17.9 Å². The zero-order valence-electron chi connectivity index (χ0n) is 9.56. The van der Waals surface area contributed by atoms with E-state index >= 15 is 0 Å². The Morgan fingerprint density at radius 1 is 1.47 bits per heavy atom. The molecule has 0 fully saturated rings. The Labute approximate surface area is 98.4 Å². The minimum Gasteiger partial charge on any atom is -0.505 e. The van der Waals surface area contributed by atoms with Crippen molar-refractivity contribution in [2.45, 2.75) is 13.0 Å².